The molecule has 0 aliphatic carbocycles. The number of carbonyl (C=O) groups is 3. The first-order valence-electron chi connectivity index (χ1n) is 7.91. The molecule has 1 atom stereocenters. The molecular formula is C17H22N2O4S2. The van der Waals surface area contributed by atoms with Crippen molar-refractivity contribution in [3.05, 3.63) is 29.8 Å². The van der Waals surface area contributed by atoms with Gasteiger partial charge in [0.05, 0.1) is 18.6 Å². The van der Waals surface area contributed by atoms with E-state index in [2.05, 4.69) is 5.32 Å². The van der Waals surface area contributed by atoms with E-state index in [1.54, 1.807) is 4.90 Å². The van der Waals surface area contributed by atoms with E-state index in [0.29, 0.717) is 18.8 Å². The molecule has 136 valence electrons. The molecule has 0 aromatic heterocycles. The van der Waals surface area contributed by atoms with E-state index in [4.69, 9.17) is 4.74 Å². The first-order chi connectivity index (χ1) is 12.0. The Morgan fingerprint density at radius 3 is 2.88 bits per heavy atom. The van der Waals surface area contributed by atoms with Crippen LogP contribution in [0.25, 0.3) is 0 Å². The predicted molar refractivity (Wildman–Crippen MR) is 102 cm³/mol. The average Bonchev–Trinajstić information content (AvgIpc) is 2.61. The molecule has 0 saturated carbocycles. The minimum absolute atomic E-state index is 0.0532. The first kappa shape index (κ1) is 19.7. The van der Waals surface area contributed by atoms with Gasteiger partial charge in [-0.15, -0.1) is 23.5 Å². The molecule has 0 bridgehead atoms. The number of ether oxygens (including phenoxy) is 1. The van der Waals surface area contributed by atoms with Gasteiger partial charge in [-0.2, -0.15) is 0 Å². The maximum absolute atomic E-state index is 12.3. The third-order valence-electron chi connectivity index (χ3n) is 3.64. The third kappa shape index (κ3) is 6.28. The summed E-state index contributed by atoms with van der Waals surface area (Å²) in [5.41, 5.74) is 1.83. The number of hydrogen-bond acceptors (Lipinski definition) is 6. The van der Waals surface area contributed by atoms with Crippen molar-refractivity contribution in [3.8, 4) is 0 Å². The zero-order chi connectivity index (χ0) is 18.2. The summed E-state index contributed by atoms with van der Waals surface area (Å²) in [6, 6.07) is 7.57. The van der Waals surface area contributed by atoms with Gasteiger partial charge in [-0.25, -0.2) is 0 Å². The maximum atomic E-state index is 12.3. The standard InChI is InChI=1S/C17H22N2O4S2/c1-12-4-3-5-13(8-12)18-15(20)10-24-11-16(21)19-6-7-25-14(9-19)17(22)23-2/h3-5,8,14H,6-7,9-11H2,1-2H3,(H,18,20)/t14-/m1/s1. The highest BCUT2D eigenvalue weighted by Gasteiger charge is 2.29. The Kier molecular flexibility index (Phi) is 7.64. The quantitative estimate of drug-likeness (QED) is 0.756. The summed E-state index contributed by atoms with van der Waals surface area (Å²) in [6.07, 6.45) is 0. The summed E-state index contributed by atoms with van der Waals surface area (Å²) in [4.78, 5) is 37.5. The Morgan fingerprint density at radius 2 is 2.16 bits per heavy atom. The van der Waals surface area contributed by atoms with Crippen LogP contribution in [0.2, 0.25) is 0 Å². The molecule has 1 saturated heterocycles. The van der Waals surface area contributed by atoms with Crippen LogP contribution in [0.15, 0.2) is 24.3 Å². The van der Waals surface area contributed by atoms with Crippen molar-refractivity contribution >= 4 is 47.0 Å². The van der Waals surface area contributed by atoms with E-state index in [1.165, 1.54) is 30.6 Å². The monoisotopic (exact) mass is 382 g/mol. The van der Waals surface area contributed by atoms with Crippen LogP contribution < -0.4 is 5.32 Å². The highest BCUT2D eigenvalue weighted by Crippen LogP contribution is 2.20. The number of rotatable bonds is 6. The molecule has 25 heavy (non-hydrogen) atoms. The van der Waals surface area contributed by atoms with Gasteiger partial charge in [0.1, 0.15) is 5.25 Å². The van der Waals surface area contributed by atoms with Gasteiger partial charge < -0.3 is 15.0 Å². The van der Waals surface area contributed by atoms with E-state index in [1.807, 2.05) is 31.2 Å². The molecule has 2 amide bonds. The molecule has 1 aromatic rings. The largest absolute Gasteiger partial charge is 0.468 e. The second-order valence-corrected chi connectivity index (χ2v) is 7.93. The van der Waals surface area contributed by atoms with E-state index >= 15 is 0 Å². The minimum atomic E-state index is -0.322. The van der Waals surface area contributed by atoms with Gasteiger partial charge in [0.2, 0.25) is 11.8 Å². The fourth-order valence-electron chi connectivity index (χ4n) is 2.39. The first-order valence-corrected chi connectivity index (χ1v) is 10.1. The molecule has 1 aromatic carbocycles. The van der Waals surface area contributed by atoms with Gasteiger partial charge in [-0.3, -0.25) is 14.4 Å². The zero-order valence-electron chi connectivity index (χ0n) is 14.3. The van der Waals surface area contributed by atoms with Crippen LogP contribution in [0.4, 0.5) is 5.69 Å². The van der Waals surface area contributed by atoms with E-state index in [9.17, 15) is 14.4 Å². The van der Waals surface area contributed by atoms with Crippen LogP contribution in [0.1, 0.15) is 5.56 Å². The third-order valence-corrected chi connectivity index (χ3v) is 5.72. The summed E-state index contributed by atoms with van der Waals surface area (Å²) in [7, 11) is 1.35. The zero-order valence-corrected chi connectivity index (χ0v) is 16.0. The molecule has 1 N–H and O–H groups in total. The van der Waals surface area contributed by atoms with Gasteiger partial charge in [0.15, 0.2) is 0 Å². The molecule has 0 radical (unpaired) electrons. The van der Waals surface area contributed by atoms with Crippen LogP contribution in [-0.2, 0) is 19.1 Å². The molecule has 0 unspecified atom stereocenters. The Labute approximate surface area is 156 Å². The Hall–Kier alpha value is -1.67. The van der Waals surface area contributed by atoms with E-state index in [0.717, 1.165) is 11.3 Å². The fraction of sp³-hybridized carbons (Fsp3) is 0.471. The lowest BCUT2D eigenvalue weighted by Gasteiger charge is -2.30. The van der Waals surface area contributed by atoms with Crippen molar-refractivity contribution in [2.75, 3.05) is 42.8 Å². The molecule has 2 rings (SSSR count). The van der Waals surface area contributed by atoms with Crippen molar-refractivity contribution in [3.63, 3.8) is 0 Å². The van der Waals surface area contributed by atoms with Gasteiger partial charge >= 0.3 is 5.97 Å². The number of esters is 1. The Bertz CT molecular complexity index is 639. The van der Waals surface area contributed by atoms with Gasteiger partial charge in [-0.05, 0) is 24.6 Å². The second kappa shape index (κ2) is 9.72. The number of hydrogen-bond donors (Lipinski definition) is 1. The Balaban J connectivity index is 1.72. The Morgan fingerprint density at radius 1 is 1.36 bits per heavy atom. The topological polar surface area (TPSA) is 75.7 Å². The van der Waals surface area contributed by atoms with Crippen molar-refractivity contribution in [2.45, 2.75) is 12.2 Å². The van der Waals surface area contributed by atoms with Crippen LogP contribution >= 0.6 is 23.5 Å². The van der Waals surface area contributed by atoms with Crippen LogP contribution in [-0.4, -0.2) is 65.4 Å². The number of methoxy groups -OCH3 is 1. The molecule has 1 aliphatic rings. The maximum Gasteiger partial charge on any atom is 0.320 e. The minimum Gasteiger partial charge on any atom is -0.468 e. The van der Waals surface area contributed by atoms with Crippen molar-refractivity contribution in [1.29, 1.82) is 0 Å². The van der Waals surface area contributed by atoms with Crippen LogP contribution in [0, 0.1) is 6.92 Å². The smallest absolute Gasteiger partial charge is 0.320 e. The number of amides is 2. The highest BCUT2D eigenvalue weighted by molar-refractivity contribution is 8.01. The lowest BCUT2D eigenvalue weighted by atomic mass is 10.2. The van der Waals surface area contributed by atoms with Crippen LogP contribution in [0.3, 0.4) is 0 Å². The number of benzene rings is 1. The summed E-state index contributed by atoms with van der Waals surface area (Å²) < 4.78 is 4.74. The summed E-state index contributed by atoms with van der Waals surface area (Å²) in [5.74, 6) is 0.660. The molecule has 1 aliphatic heterocycles. The number of nitrogens with zero attached hydrogens (tertiary/aromatic N) is 1. The molecule has 0 spiro atoms. The number of aryl methyl sites for hydroxylation is 1. The van der Waals surface area contributed by atoms with Gasteiger partial charge in [0, 0.05) is 24.5 Å². The van der Waals surface area contributed by atoms with Gasteiger partial charge in [0.25, 0.3) is 0 Å². The molecule has 8 heteroatoms. The van der Waals surface area contributed by atoms with Gasteiger partial charge in [-0.1, -0.05) is 12.1 Å². The number of nitrogens with one attached hydrogen (secondary N) is 1. The normalized spacial score (nSPS) is 17.0. The summed E-state index contributed by atoms with van der Waals surface area (Å²) in [6.45, 7) is 2.95. The fourth-order valence-corrected chi connectivity index (χ4v) is 4.24. The lowest BCUT2D eigenvalue weighted by molar-refractivity contribution is -0.141. The predicted octanol–water partition coefficient (Wildman–Crippen LogP) is 1.78. The van der Waals surface area contributed by atoms with E-state index < -0.39 is 0 Å². The molecule has 6 nitrogen and oxygen atoms in total. The molecule has 1 fully saturated rings. The number of anilines is 1. The van der Waals surface area contributed by atoms with Crippen molar-refractivity contribution in [2.24, 2.45) is 0 Å². The molecular weight excluding hydrogens is 360 g/mol. The number of carbonyl (C=O) groups excluding carboxylic acids is 3. The summed E-state index contributed by atoms with van der Waals surface area (Å²) >= 11 is 2.78. The van der Waals surface area contributed by atoms with E-state index in [-0.39, 0.29) is 34.5 Å². The number of thioether (sulfide) groups is 2. The average molecular weight is 383 g/mol. The molecule has 1 heterocycles. The lowest BCUT2D eigenvalue weighted by Crippen LogP contribution is -2.45. The van der Waals surface area contributed by atoms with Crippen LogP contribution in [0.5, 0.6) is 0 Å². The van der Waals surface area contributed by atoms with Crippen molar-refractivity contribution in [1.82, 2.24) is 4.90 Å². The second-order valence-electron chi connectivity index (χ2n) is 5.63. The SMILES string of the molecule is COC(=O)[C@H]1CN(C(=O)CSCC(=O)Nc2cccc(C)c2)CCS1. The van der Waals surface area contributed by atoms with Crippen molar-refractivity contribution < 1.29 is 19.1 Å². The highest BCUT2D eigenvalue weighted by atomic mass is 32.2. The summed E-state index contributed by atoms with van der Waals surface area (Å²) in [5, 5.41) is 2.49.